The Morgan fingerprint density at radius 2 is 1.93 bits per heavy atom. The predicted octanol–water partition coefficient (Wildman–Crippen LogP) is 4.20. The molecule has 1 amide bonds. The van der Waals surface area contributed by atoms with E-state index in [0.717, 1.165) is 54.5 Å². The molecule has 0 bridgehead atoms. The van der Waals surface area contributed by atoms with Crippen molar-refractivity contribution in [3.63, 3.8) is 0 Å². The number of nitrogens with one attached hydrogen (secondary N) is 1. The quantitative estimate of drug-likeness (QED) is 0.685. The van der Waals surface area contributed by atoms with Crippen LogP contribution in [0, 0.1) is 6.92 Å². The van der Waals surface area contributed by atoms with Gasteiger partial charge in [0.2, 0.25) is 5.91 Å². The second-order valence-corrected chi connectivity index (χ2v) is 8.37. The highest BCUT2D eigenvalue weighted by molar-refractivity contribution is 7.15. The smallest absolute Gasteiger partial charge is 0.223 e. The molecule has 1 aliphatic heterocycles. The number of aryl methyl sites for hydroxylation is 1. The van der Waals surface area contributed by atoms with E-state index in [9.17, 15) is 4.79 Å². The first-order chi connectivity index (χ1) is 14.0. The second kappa shape index (κ2) is 8.71. The molecule has 0 saturated heterocycles. The highest BCUT2D eigenvalue weighted by Crippen LogP contribution is 2.27. The van der Waals surface area contributed by atoms with Crippen molar-refractivity contribution >= 4 is 22.4 Å². The van der Waals surface area contributed by atoms with Crippen LogP contribution < -0.4 is 10.1 Å². The maximum Gasteiger partial charge on any atom is 0.223 e. The lowest BCUT2D eigenvalue weighted by Crippen LogP contribution is -2.25. The van der Waals surface area contributed by atoms with Crippen LogP contribution in [-0.4, -0.2) is 33.9 Å². The molecule has 2 aromatic heterocycles. The number of carbonyl (C=O) groups is 1. The molecule has 4 rings (SSSR count). The van der Waals surface area contributed by atoms with Crippen LogP contribution in [0.4, 0.5) is 5.13 Å². The van der Waals surface area contributed by atoms with Crippen LogP contribution in [0.2, 0.25) is 0 Å². The summed E-state index contributed by atoms with van der Waals surface area (Å²) in [6.45, 7) is 6.30. The molecule has 1 N–H and O–H groups in total. The number of hydrogen-bond acceptors (Lipinski definition) is 6. The van der Waals surface area contributed by atoms with Gasteiger partial charge in [-0.25, -0.2) is 4.98 Å². The number of thiazole rings is 1. The third-order valence-electron chi connectivity index (χ3n) is 4.89. The van der Waals surface area contributed by atoms with Crippen molar-refractivity contribution < 1.29 is 9.53 Å². The van der Waals surface area contributed by atoms with Crippen LogP contribution in [0.15, 0.2) is 42.7 Å². The maximum absolute atomic E-state index is 11.2. The summed E-state index contributed by atoms with van der Waals surface area (Å²) >= 11 is 1.54. The van der Waals surface area contributed by atoms with Gasteiger partial charge in [-0.2, -0.15) is 0 Å². The average Bonchev–Trinajstić information content (AvgIpc) is 3.00. The first kappa shape index (κ1) is 19.5. The Labute approximate surface area is 174 Å². The highest BCUT2D eigenvalue weighted by Gasteiger charge is 2.16. The molecule has 0 radical (unpaired) electrons. The number of rotatable bonds is 5. The van der Waals surface area contributed by atoms with E-state index in [4.69, 9.17) is 4.74 Å². The third-order valence-corrected chi connectivity index (χ3v) is 5.79. The Hall–Kier alpha value is -2.77. The van der Waals surface area contributed by atoms with Gasteiger partial charge in [-0.3, -0.25) is 14.7 Å². The fraction of sp³-hybridized carbons (Fsp3) is 0.318. The largest absolute Gasteiger partial charge is 0.457 e. The number of amides is 1. The molecule has 0 spiro atoms. The van der Waals surface area contributed by atoms with Gasteiger partial charge in [-0.15, -0.1) is 11.3 Å². The first-order valence-corrected chi connectivity index (χ1v) is 10.5. The van der Waals surface area contributed by atoms with Crippen LogP contribution in [0.25, 0.3) is 0 Å². The summed E-state index contributed by atoms with van der Waals surface area (Å²) in [5.74, 6) is 1.59. The summed E-state index contributed by atoms with van der Waals surface area (Å²) in [6.07, 6.45) is 5.62. The van der Waals surface area contributed by atoms with Crippen molar-refractivity contribution in [3.05, 3.63) is 64.4 Å². The topological polar surface area (TPSA) is 67.4 Å². The normalized spacial score (nSPS) is 14.1. The summed E-state index contributed by atoms with van der Waals surface area (Å²) < 4.78 is 6.03. The minimum absolute atomic E-state index is 0.0870. The van der Waals surface area contributed by atoms with Gasteiger partial charge in [-0.05, 0) is 49.1 Å². The minimum Gasteiger partial charge on any atom is -0.457 e. The fourth-order valence-corrected chi connectivity index (χ4v) is 4.40. The zero-order valence-corrected chi connectivity index (χ0v) is 17.5. The van der Waals surface area contributed by atoms with Crippen LogP contribution in [0.5, 0.6) is 11.5 Å². The Bertz CT molecular complexity index is 1020. The van der Waals surface area contributed by atoms with Crippen LogP contribution >= 0.6 is 11.3 Å². The lowest BCUT2D eigenvalue weighted by Gasteiger charge is -2.18. The van der Waals surface area contributed by atoms with E-state index in [2.05, 4.69) is 32.3 Å². The molecular weight excluding hydrogens is 384 g/mol. The van der Waals surface area contributed by atoms with E-state index in [1.807, 2.05) is 31.3 Å². The van der Waals surface area contributed by atoms with Crippen LogP contribution in [0.3, 0.4) is 0 Å². The lowest BCUT2D eigenvalue weighted by molar-refractivity contribution is -0.114. The van der Waals surface area contributed by atoms with E-state index < -0.39 is 0 Å². The average molecular weight is 409 g/mol. The molecule has 0 atom stereocenters. The molecule has 150 valence electrons. The summed E-state index contributed by atoms with van der Waals surface area (Å²) in [5, 5.41) is 3.42. The lowest BCUT2D eigenvalue weighted by atomic mass is 10.0. The third kappa shape index (κ3) is 5.19. The van der Waals surface area contributed by atoms with Crippen molar-refractivity contribution in [2.75, 3.05) is 18.4 Å². The molecular formula is C22H24N4O2S. The van der Waals surface area contributed by atoms with Crippen molar-refractivity contribution in [2.24, 2.45) is 0 Å². The molecule has 1 aliphatic rings. The summed E-state index contributed by atoms with van der Waals surface area (Å²) in [7, 11) is 0. The molecule has 0 aliphatic carbocycles. The summed E-state index contributed by atoms with van der Waals surface area (Å²) in [6, 6.07) is 10.2. The zero-order valence-electron chi connectivity index (χ0n) is 16.6. The number of carbonyl (C=O) groups excluding carboxylic acids is 1. The minimum atomic E-state index is -0.0870. The molecule has 0 unspecified atom stereocenters. The Kier molecular flexibility index (Phi) is 5.87. The van der Waals surface area contributed by atoms with E-state index in [1.165, 1.54) is 18.1 Å². The van der Waals surface area contributed by atoms with Crippen molar-refractivity contribution in [1.29, 1.82) is 0 Å². The number of aromatic nitrogens is 2. The van der Waals surface area contributed by atoms with Crippen molar-refractivity contribution in [2.45, 2.75) is 33.2 Å². The predicted molar refractivity (Wildman–Crippen MR) is 115 cm³/mol. The monoisotopic (exact) mass is 408 g/mol. The molecule has 6 nitrogen and oxygen atoms in total. The van der Waals surface area contributed by atoms with Gasteiger partial charge in [0.05, 0.1) is 0 Å². The molecule has 29 heavy (non-hydrogen) atoms. The molecule has 0 saturated carbocycles. The Balaban J connectivity index is 1.40. The van der Waals surface area contributed by atoms with Gasteiger partial charge in [0.25, 0.3) is 0 Å². The molecule has 7 heteroatoms. The van der Waals surface area contributed by atoms with Gasteiger partial charge in [0, 0.05) is 55.6 Å². The van der Waals surface area contributed by atoms with Gasteiger partial charge >= 0.3 is 0 Å². The number of ether oxygens (including phenoxy) is 1. The number of nitrogens with zero attached hydrogens (tertiary/aromatic N) is 3. The van der Waals surface area contributed by atoms with Gasteiger partial charge in [0.15, 0.2) is 5.13 Å². The molecule has 1 aromatic carbocycles. The zero-order chi connectivity index (χ0) is 20.2. The van der Waals surface area contributed by atoms with Gasteiger partial charge in [-0.1, -0.05) is 6.07 Å². The van der Waals surface area contributed by atoms with E-state index in [1.54, 1.807) is 17.5 Å². The Morgan fingerprint density at radius 1 is 1.14 bits per heavy atom. The number of fused-ring (bicyclic) bond motifs is 1. The number of pyridine rings is 1. The first-order valence-electron chi connectivity index (χ1n) is 9.72. The maximum atomic E-state index is 11.2. The van der Waals surface area contributed by atoms with Crippen molar-refractivity contribution in [1.82, 2.24) is 14.9 Å². The van der Waals surface area contributed by atoms with Crippen LogP contribution in [-0.2, 0) is 24.2 Å². The highest BCUT2D eigenvalue weighted by atomic mass is 32.1. The number of anilines is 1. The molecule has 3 heterocycles. The van der Waals surface area contributed by atoms with E-state index >= 15 is 0 Å². The van der Waals surface area contributed by atoms with Gasteiger partial charge < -0.3 is 10.1 Å². The summed E-state index contributed by atoms with van der Waals surface area (Å²) in [5.41, 5.74) is 3.67. The number of benzene rings is 1. The molecule has 3 aromatic rings. The van der Waals surface area contributed by atoms with E-state index in [0.29, 0.717) is 5.13 Å². The van der Waals surface area contributed by atoms with Gasteiger partial charge in [0.1, 0.15) is 11.5 Å². The second-order valence-electron chi connectivity index (χ2n) is 7.25. The van der Waals surface area contributed by atoms with Crippen molar-refractivity contribution in [3.8, 4) is 11.5 Å². The number of hydrogen-bond donors (Lipinski definition) is 1. The standard InChI is InChI=1S/C22H24N4O2S/c1-15-11-20(5-8-23-15)28-19-4-3-17-6-9-26(10-7-18(17)12-19)14-21-13-24-22(29-21)25-16(2)27/h3-5,8,11-13H,6-7,9-10,14H2,1-2H3,(H,24,25,27). The summed E-state index contributed by atoms with van der Waals surface area (Å²) in [4.78, 5) is 23.3. The van der Waals surface area contributed by atoms with E-state index in [-0.39, 0.29) is 5.91 Å². The Morgan fingerprint density at radius 3 is 2.72 bits per heavy atom. The SMILES string of the molecule is CC(=O)Nc1ncc(CN2CCc3ccc(Oc4ccnc(C)c4)cc3CC2)s1. The molecule has 0 fully saturated rings. The van der Waals surface area contributed by atoms with Crippen LogP contribution in [0.1, 0.15) is 28.6 Å². The fourth-order valence-electron chi connectivity index (χ4n) is 3.50.